The van der Waals surface area contributed by atoms with Crippen LogP contribution < -0.4 is 0 Å². The molecular weight excluding hydrogens is 556 g/mol. The van der Waals surface area contributed by atoms with Crippen molar-refractivity contribution in [3.8, 4) is 0 Å². The maximum Gasteiger partial charge on any atom is 0.320 e. The number of hydrogen-bond donors (Lipinski definition) is 11. The fourth-order valence-electron chi connectivity index (χ4n) is 4.32. The average Bonchev–Trinajstić information content (AvgIpc) is 2.91. The first-order valence-electron chi connectivity index (χ1n) is 12.1. The van der Waals surface area contributed by atoms with Crippen LogP contribution in [0.2, 0.25) is 0 Å². The van der Waals surface area contributed by atoms with Crippen molar-refractivity contribution in [1.82, 2.24) is 0 Å². The van der Waals surface area contributed by atoms with Gasteiger partial charge in [0.25, 0.3) is 0 Å². The lowest BCUT2D eigenvalue weighted by molar-refractivity contribution is -0.388. The van der Waals surface area contributed by atoms with E-state index in [1.54, 1.807) is 0 Å². The summed E-state index contributed by atoms with van der Waals surface area (Å²) < 4.78 is 32.7. The first kappa shape index (κ1) is 32.7. The van der Waals surface area contributed by atoms with Crippen molar-refractivity contribution in [3.05, 3.63) is 0 Å². The molecule has 39 heavy (non-hydrogen) atoms. The van der Waals surface area contributed by atoms with Crippen LogP contribution in [-0.4, -0.2) is 174 Å². The highest BCUT2D eigenvalue weighted by Gasteiger charge is 2.55. The Labute approximate surface area is 227 Å². The number of thiol groups is 1. The third-order valence-corrected chi connectivity index (χ3v) is 6.86. The molecule has 3 fully saturated rings. The minimum Gasteiger partial charge on any atom is -0.432 e. The van der Waals surface area contributed by atoms with E-state index in [1.165, 1.54) is 6.92 Å². The van der Waals surface area contributed by atoms with Gasteiger partial charge in [-0.3, -0.25) is 4.79 Å². The number of hydrogen-bond acceptors (Lipinski definition) is 18. The number of esters is 1. The molecule has 0 aromatic rings. The lowest BCUT2D eigenvalue weighted by atomic mass is 9.96. The highest BCUT2D eigenvalue weighted by molar-refractivity contribution is 7.81. The van der Waals surface area contributed by atoms with Gasteiger partial charge in [-0.1, -0.05) is 0 Å². The molecule has 0 amide bonds. The molecule has 3 rings (SSSR count). The SMILES string of the molecule is CC(S)C(=O)OC1OC(CO)C(O)C(OC2OC(CO)C(O)C(O)C2O)C1OC1OC(CO)C(O)C(O)C1O. The topological polar surface area (TPSA) is 275 Å². The maximum absolute atomic E-state index is 12.4. The Morgan fingerprint density at radius 3 is 1.44 bits per heavy atom. The lowest BCUT2D eigenvalue weighted by Crippen LogP contribution is -2.67. The standard InChI is InChI=1S/C21H36O17S/c1-5(39)18(32)38-21-17(37-20-15(31)13(29)10(26)7(3-23)34-20)16(11(27)8(4-24)35-21)36-19-14(30)12(28)9(25)6(2-22)33-19/h5-17,19-31,39H,2-4H2,1H3. The highest BCUT2D eigenvalue weighted by Crippen LogP contribution is 2.34. The molecular formula is C21H36O17S. The zero-order valence-electron chi connectivity index (χ0n) is 20.6. The van der Waals surface area contributed by atoms with Gasteiger partial charge >= 0.3 is 5.97 Å². The van der Waals surface area contributed by atoms with Crippen LogP contribution in [0.1, 0.15) is 6.92 Å². The number of aliphatic hydroxyl groups is 10. The second-order valence-corrected chi connectivity index (χ2v) is 10.2. The lowest BCUT2D eigenvalue weighted by Gasteiger charge is -2.48. The van der Waals surface area contributed by atoms with Gasteiger partial charge in [0, 0.05) is 0 Å². The predicted molar refractivity (Wildman–Crippen MR) is 124 cm³/mol. The van der Waals surface area contributed by atoms with Gasteiger partial charge in [-0.05, 0) is 6.92 Å². The molecule has 0 aromatic heterocycles. The van der Waals surface area contributed by atoms with E-state index in [4.69, 9.17) is 28.4 Å². The molecule has 0 aliphatic carbocycles. The summed E-state index contributed by atoms with van der Waals surface area (Å²) in [5.74, 6) is -0.953. The molecule has 10 N–H and O–H groups in total. The zero-order chi connectivity index (χ0) is 29.2. The molecule has 18 heteroatoms. The Morgan fingerprint density at radius 2 is 1.03 bits per heavy atom. The number of carbonyl (C=O) groups excluding carboxylic acids is 1. The molecule has 0 radical (unpaired) electrons. The minimum atomic E-state index is -1.94. The summed E-state index contributed by atoms with van der Waals surface area (Å²) in [6.45, 7) is -1.08. The number of rotatable bonds is 9. The predicted octanol–water partition coefficient (Wildman–Crippen LogP) is -6.70. The van der Waals surface area contributed by atoms with Crippen LogP contribution in [0.5, 0.6) is 0 Å². The average molecular weight is 593 g/mol. The Hall–Kier alpha value is -0.780. The van der Waals surface area contributed by atoms with Crippen molar-refractivity contribution in [2.24, 2.45) is 0 Å². The van der Waals surface area contributed by atoms with Gasteiger partial charge in [-0.25, -0.2) is 0 Å². The van der Waals surface area contributed by atoms with Crippen LogP contribution >= 0.6 is 12.6 Å². The molecule has 0 bridgehead atoms. The van der Waals surface area contributed by atoms with Crippen molar-refractivity contribution in [1.29, 1.82) is 0 Å². The summed E-state index contributed by atoms with van der Waals surface area (Å²) >= 11 is 3.97. The summed E-state index contributed by atoms with van der Waals surface area (Å²) in [6, 6.07) is 0. The molecule has 3 saturated heterocycles. The maximum atomic E-state index is 12.4. The van der Waals surface area contributed by atoms with E-state index in [0.717, 1.165) is 0 Å². The van der Waals surface area contributed by atoms with E-state index in [1.807, 2.05) is 0 Å². The fraction of sp³-hybridized carbons (Fsp3) is 0.952. The Balaban J connectivity index is 1.95. The van der Waals surface area contributed by atoms with Crippen molar-refractivity contribution in [2.75, 3.05) is 19.8 Å². The molecule has 0 saturated carbocycles. The summed E-state index contributed by atoms with van der Waals surface area (Å²) in [5, 5.41) is 99.9. The van der Waals surface area contributed by atoms with Crippen LogP contribution in [0.25, 0.3) is 0 Å². The smallest absolute Gasteiger partial charge is 0.320 e. The Morgan fingerprint density at radius 1 is 0.641 bits per heavy atom. The molecule has 3 aliphatic heterocycles. The number of aliphatic hydroxyl groups excluding tert-OH is 10. The third-order valence-electron chi connectivity index (χ3n) is 6.65. The van der Waals surface area contributed by atoms with Crippen molar-refractivity contribution in [2.45, 2.75) is 104 Å². The van der Waals surface area contributed by atoms with E-state index >= 15 is 0 Å². The number of ether oxygens (including phenoxy) is 6. The number of carbonyl (C=O) groups is 1. The van der Waals surface area contributed by atoms with E-state index in [-0.39, 0.29) is 0 Å². The largest absolute Gasteiger partial charge is 0.432 e. The molecule has 0 spiro atoms. The first-order chi connectivity index (χ1) is 18.4. The van der Waals surface area contributed by atoms with E-state index in [2.05, 4.69) is 12.6 Å². The first-order valence-corrected chi connectivity index (χ1v) is 12.6. The quantitative estimate of drug-likeness (QED) is 0.0876. The summed E-state index contributed by atoms with van der Waals surface area (Å²) in [7, 11) is 0. The summed E-state index contributed by atoms with van der Waals surface area (Å²) in [4.78, 5) is 12.4. The summed E-state index contributed by atoms with van der Waals surface area (Å²) in [6.07, 6.45) is -26.2. The molecule has 3 heterocycles. The van der Waals surface area contributed by atoms with Gasteiger partial charge in [-0.2, -0.15) is 12.6 Å². The van der Waals surface area contributed by atoms with Crippen molar-refractivity contribution < 1.29 is 84.3 Å². The molecule has 16 unspecified atom stereocenters. The molecule has 228 valence electrons. The van der Waals surface area contributed by atoms with Crippen LogP contribution in [-0.2, 0) is 33.2 Å². The van der Waals surface area contributed by atoms with Crippen LogP contribution in [0.4, 0.5) is 0 Å². The Kier molecular flexibility index (Phi) is 11.7. The zero-order valence-corrected chi connectivity index (χ0v) is 21.5. The van der Waals surface area contributed by atoms with Crippen LogP contribution in [0, 0.1) is 0 Å². The van der Waals surface area contributed by atoms with Gasteiger partial charge < -0.3 is 79.5 Å². The van der Waals surface area contributed by atoms with Crippen molar-refractivity contribution >= 4 is 18.6 Å². The minimum absolute atomic E-state index is 0.800. The van der Waals surface area contributed by atoms with Gasteiger partial charge in [-0.15, -0.1) is 0 Å². The normalized spacial score (nSPS) is 47.9. The van der Waals surface area contributed by atoms with Gasteiger partial charge in [0.2, 0.25) is 6.29 Å². The van der Waals surface area contributed by atoms with Gasteiger partial charge in [0.15, 0.2) is 18.7 Å². The second kappa shape index (κ2) is 13.9. The fourth-order valence-corrected chi connectivity index (χ4v) is 4.38. The third kappa shape index (κ3) is 7.00. The van der Waals surface area contributed by atoms with Gasteiger partial charge in [0.05, 0.1) is 25.1 Å². The molecule has 3 aliphatic rings. The second-order valence-electron chi connectivity index (χ2n) is 9.42. The molecule has 0 aromatic carbocycles. The van der Waals surface area contributed by atoms with E-state index in [9.17, 15) is 55.9 Å². The molecule has 17 nitrogen and oxygen atoms in total. The monoisotopic (exact) mass is 592 g/mol. The van der Waals surface area contributed by atoms with Crippen LogP contribution in [0.3, 0.4) is 0 Å². The summed E-state index contributed by atoms with van der Waals surface area (Å²) in [5.41, 5.74) is 0. The van der Waals surface area contributed by atoms with E-state index in [0.29, 0.717) is 0 Å². The Bertz CT molecular complexity index is 788. The van der Waals surface area contributed by atoms with Crippen LogP contribution in [0.15, 0.2) is 0 Å². The molecule has 16 atom stereocenters. The highest BCUT2D eigenvalue weighted by atomic mass is 32.1. The van der Waals surface area contributed by atoms with Gasteiger partial charge in [0.1, 0.15) is 67.1 Å². The van der Waals surface area contributed by atoms with E-state index < -0.39 is 123 Å². The van der Waals surface area contributed by atoms with Crippen molar-refractivity contribution in [3.63, 3.8) is 0 Å².